The van der Waals surface area contributed by atoms with Crippen LogP contribution in [0, 0.1) is 0 Å². The van der Waals surface area contributed by atoms with Gasteiger partial charge in [0.15, 0.2) is 11.4 Å². The number of rotatable bonds is 13. The van der Waals surface area contributed by atoms with Crippen LogP contribution in [0.1, 0.15) is 27.7 Å². The molecule has 0 aliphatic carbocycles. The van der Waals surface area contributed by atoms with E-state index in [1.807, 2.05) is 0 Å². The van der Waals surface area contributed by atoms with Crippen LogP contribution in [0.3, 0.4) is 0 Å². The van der Waals surface area contributed by atoms with E-state index in [-0.39, 0.29) is 22.3 Å². The molecule has 0 bridgehead atoms. The lowest BCUT2D eigenvalue weighted by molar-refractivity contribution is -0.269. The predicted octanol–water partition coefficient (Wildman–Crippen LogP) is 3.07. The first-order chi connectivity index (χ1) is 21.0. The molecule has 0 saturated heterocycles. The molecule has 0 fully saturated rings. The van der Waals surface area contributed by atoms with Crippen LogP contribution in [0.2, 0.25) is 0 Å². The second-order valence-corrected chi connectivity index (χ2v) is 9.64. The first kappa shape index (κ1) is 24.2. The number of carbonyl (C=O) groups excluding carboxylic acids is 1. The molecule has 4 aromatic rings. The summed E-state index contributed by atoms with van der Waals surface area (Å²) in [6, 6.07) is 30.0. The highest BCUT2D eigenvalue weighted by atomic mass is 16.4. The van der Waals surface area contributed by atoms with Crippen LogP contribution in [-0.2, 0) is 30.4 Å². The molecule has 5 N–H and O–H groups in total. The number of hydrogen-bond acceptors (Lipinski definition) is 6. The maximum absolute atomic E-state index is 14.6. The molecule has 0 saturated carbocycles. The standard InChI is InChI=1S/C34H36O6/c35-25-31(37)33(39,23-28-17-9-3-10-18-28)34(40,24-29-19-11-4-12-20-29)32(38,22-27-15-7-2-8-16-27)30(36)21-26-13-5-1-6-14-26/h1-20,31,35,37-40H,21-25H2/t31-,32+,33-,34+/m1/s1/i21D,22D,23D,24D/t21?,22?,23?,24?,31-,32+,33-,34+. The molecule has 6 nitrogen and oxygen atoms in total. The molecule has 0 aromatic heterocycles. The van der Waals surface area contributed by atoms with Crippen molar-refractivity contribution in [2.24, 2.45) is 0 Å². The smallest absolute Gasteiger partial charge is 0.172 e. The van der Waals surface area contributed by atoms with Crippen molar-refractivity contribution in [3.63, 3.8) is 0 Å². The van der Waals surface area contributed by atoms with E-state index in [1.54, 1.807) is 36.4 Å². The lowest BCUT2D eigenvalue weighted by atomic mass is 9.60. The summed E-state index contributed by atoms with van der Waals surface area (Å²) in [6.45, 7) is -1.25. The molecule has 4 rings (SSSR count). The number of Topliss-reactive ketones (excluding diaryl/α,β-unsaturated/α-hetero) is 1. The largest absolute Gasteiger partial charge is 0.394 e. The van der Waals surface area contributed by atoms with Gasteiger partial charge >= 0.3 is 0 Å². The predicted molar refractivity (Wildman–Crippen MR) is 154 cm³/mol. The Kier molecular flexibility index (Phi) is 7.66. The van der Waals surface area contributed by atoms with E-state index in [9.17, 15) is 33.1 Å². The van der Waals surface area contributed by atoms with Gasteiger partial charge in [-0.15, -0.1) is 0 Å². The highest BCUT2D eigenvalue weighted by Gasteiger charge is 2.66. The third-order valence-corrected chi connectivity index (χ3v) is 6.88. The Morgan fingerprint density at radius 3 is 1.43 bits per heavy atom. The topological polar surface area (TPSA) is 118 Å². The maximum Gasteiger partial charge on any atom is 0.172 e. The molecule has 4 aromatic carbocycles. The fourth-order valence-corrected chi connectivity index (χ4v) is 4.69. The third-order valence-electron chi connectivity index (χ3n) is 6.88. The lowest BCUT2D eigenvalue weighted by Gasteiger charge is -2.53. The molecule has 0 aliphatic heterocycles. The molecule has 0 heterocycles. The van der Waals surface area contributed by atoms with E-state index >= 15 is 0 Å². The van der Waals surface area contributed by atoms with Crippen molar-refractivity contribution in [2.75, 3.05) is 6.61 Å². The Labute approximate surface area is 240 Å². The summed E-state index contributed by atoms with van der Waals surface area (Å²) in [7, 11) is 0. The highest BCUT2D eigenvalue weighted by Crippen LogP contribution is 2.43. The zero-order chi connectivity index (χ0) is 32.1. The van der Waals surface area contributed by atoms with Crippen molar-refractivity contribution < 1.29 is 35.8 Å². The average Bonchev–Trinajstić information content (AvgIpc) is 3.09. The van der Waals surface area contributed by atoms with Crippen molar-refractivity contribution in [1.29, 1.82) is 0 Å². The van der Waals surface area contributed by atoms with E-state index in [4.69, 9.17) is 2.74 Å². The summed E-state index contributed by atoms with van der Waals surface area (Å²) >= 11 is 0. The minimum atomic E-state index is -3.60. The van der Waals surface area contributed by atoms with Crippen LogP contribution >= 0.6 is 0 Å². The Hall–Kier alpha value is -3.65. The molecular weight excluding hydrogens is 504 g/mol. The fourth-order valence-electron chi connectivity index (χ4n) is 4.69. The monoisotopic (exact) mass is 544 g/mol. The first-order valence-corrected chi connectivity index (χ1v) is 12.8. The highest BCUT2D eigenvalue weighted by molar-refractivity contribution is 5.91. The maximum atomic E-state index is 14.6. The molecular formula is C34H36O6. The molecule has 208 valence electrons. The van der Waals surface area contributed by atoms with Gasteiger partial charge in [-0.2, -0.15) is 0 Å². The van der Waals surface area contributed by atoms with E-state index in [2.05, 4.69) is 0 Å². The number of hydrogen-bond donors (Lipinski definition) is 5. The van der Waals surface area contributed by atoms with E-state index in [0.717, 1.165) is 0 Å². The Balaban J connectivity index is 2.12. The van der Waals surface area contributed by atoms with Gasteiger partial charge in [0.05, 0.1) is 6.61 Å². The zero-order valence-electron chi connectivity index (χ0n) is 25.8. The molecule has 8 atom stereocenters. The second-order valence-electron chi connectivity index (χ2n) is 9.64. The summed E-state index contributed by atoms with van der Waals surface area (Å²) < 4.78 is 36.7. The average molecular weight is 545 g/mol. The van der Waals surface area contributed by atoms with Crippen LogP contribution in [0.15, 0.2) is 121 Å². The van der Waals surface area contributed by atoms with Crippen LogP contribution in [0.5, 0.6) is 0 Å². The minimum absolute atomic E-state index is 0.00983. The van der Waals surface area contributed by atoms with Gasteiger partial charge < -0.3 is 25.5 Å². The van der Waals surface area contributed by atoms with Crippen molar-refractivity contribution in [3.05, 3.63) is 144 Å². The number of aliphatic hydroxyl groups excluding tert-OH is 2. The van der Waals surface area contributed by atoms with Gasteiger partial charge in [-0.25, -0.2) is 0 Å². The summed E-state index contributed by atoms with van der Waals surface area (Å²) in [5, 5.41) is 59.9. The van der Waals surface area contributed by atoms with E-state index in [1.165, 1.54) is 84.9 Å². The Bertz CT molecular complexity index is 1500. The fraction of sp³-hybridized carbons (Fsp3) is 0.265. The molecule has 0 radical (unpaired) electrons. The van der Waals surface area contributed by atoms with Crippen LogP contribution in [0.25, 0.3) is 0 Å². The van der Waals surface area contributed by atoms with Gasteiger partial charge in [0, 0.05) is 31.1 Å². The summed E-state index contributed by atoms with van der Waals surface area (Å²) in [6.07, 6.45) is -10.7. The van der Waals surface area contributed by atoms with E-state index in [0.29, 0.717) is 0 Å². The van der Waals surface area contributed by atoms with Crippen molar-refractivity contribution in [1.82, 2.24) is 0 Å². The SMILES string of the molecule is [2H]C(C(=O)[C@@](O)(C([2H])c1ccccc1)[C@@](O)(C([2H])c1ccccc1)[C@@](O)(C([2H])c1ccccc1)[C@H](O)CO)c1ccccc1. The third kappa shape index (κ3) is 6.07. The van der Waals surface area contributed by atoms with Gasteiger partial charge in [-0.3, -0.25) is 4.79 Å². The van der Waals surface area contributed by atoms with Gasteiger partial charge in [-0.05, 0) is 22.3 Å². The van der Waals surface area contributed by atoms with Crippen molar-refractivity contribution in [2.45, 2.75) is 48.5 Å². The van der Waals surface area contributed by atoms with Gasteiger partial charge in [0.25, 0.3) is 0 Å². The lowest BCUT2D eigenvalue weighted by Crippen LogP contribution is -2.77. The quantitative estimate of drug-likeness (QED) is 0.177. The molecule has 6 heteroatoms. The Morgan fingerprint density at radius 1 is 0.625 bits per heavy atom. The minimum Gasteiger partial charge on any atom is -0.394 e. The summed E-state index contributed by atoms with van der Waals surface area (Å²) in [4.78, 5) is 14.6. The number of aliphatic hydroxyl groups is 5. The van der Waals surface area contributed by atoms with Crippen LogP contribution in [-0.4, -0.2) is 60.8 Å². The molecule has 4 unspecified atom stereocenters. The summed E-state index contributed by atoms with van der Waals surface area (Å²) in [5.74, 6) is -1.45. The molecule has 0 amide bonds. The number of carbonyl (C=O) groups is 1. The van der Waals surface area contributed by atoms with Crippen LogP contribution in [0.4, 0.5) is 0 Å². The summed E-state index contributed by atoms with van der Waals surface area (Å²) in [5.41, 5.74) is -10.4. The molecule has 0 aliphatic rings. The van der Waals surface area contributed by atoms with E-state index < -0.39 is 60.9 Å². The number of benzene rings is 4. The van der Waals surface area contributed by atoms with Gasteiger partial charge in [0.2, 0.25) is 0 Å². The van der Waals surface area contributed by atoms with Crippen molar-refractivity contribution >= 4 is 5.78 Å². The first-order valence-electron chi connectivity index (χ1n) is 15.2. The second kappa shape index (κ2) is 12.7. The zero-order valence-corrected chi connectivity index (χ0v) is 21.8. The van der Waals surface area contributed by atoms with Crippen LogP contribution < -0.4 is 0 Å². The molecule has 40 heavy (non-hydrogen) atoms. The Morgan fingerprint density at radius 2 is 1.00 bits per heavy atom. The van der Waals surface area contributed by atoms with Gasteiger partial charge in [-0.1, -0.05) is 121 Å². The molecule has 0 spiro atoms. The van der Waals surface area contributed by atoms with Crippen molar-refractivity contribution in [3.8, 4) is 0 Å². The van der Waals surface area contributed by atoms with Gasteiger partial charge in [0.1, 0.15) is 17.3 Å². The normalized spacial score (nSPS) is 21.3. The number of ketones is 1.